The number of hydrogen-bond acceptors (Lipinski definition) is 0. The summed E-state index contributed by atoms with van der Waals surface area (Å²) >= 11 is 0. The van der Waals surface area contributed by atoms with Gasteiger partial charge in [0.1, 0.15) is 0 Å². The summed E-state index contributed by atoms with van der Waals surface area (Å²) < 4.78 is 1.33. The molecular weight excluding hydrogens is 146 g/mol. The van der Waals surface area contributed by atoms with Crippen molar-refractivity contribution >= 4 is 0 Å². The molecular formula is C11H24N+. The molecule has 1 saturated carbocycles. The van der Waals surface area contributed by atoms with Crippen LogP contribution in [0.2, 0.25) is 0 Å². The molecule has 1 unspecified atom stereocenters. The van der Waals surface area contributed by atoms with E-state index in [0.717, 1.165) is 6.04 Å². The van der Waals surface area contributed by atoms with E-state index < -0.39 is 0 Å². The molecule has 0 aliphatic heterocycles. The van der Waals surface area contributed by atoms with Crippen LogP contribution in [0.1, 0.15) is 46.0 Å². The van der Waals surface area contributed by atoms with E-state index in [0.29, 0.717) is 0 Å². The van der Waals surface area contributed by atoms with Crippen LogP contribution in [0.25, 0.3) is 0 Å². The van der Waals surface area contributed by atoms with Gasteiger partial charge in [-0.3, -0.25) is 0 Å². The zero-order valence-electron chi connectivity index (χ0n) is 8.97. The van der Waals surface area contributed by atoms with Crippen molar-refractivity contribution in [2.75, 3.05) is 20.1 Å². The summed E-state index contributed by atoms with van der Waals surface area (Å²) in [7, 11) is 2.44. The average Bonchev–Trinajstić information content (AvgIpc) is 2.57. The molecule has 1 aliphatic carbocycles. The van der Waals surface area contributed by atoms with Crippen molar-refractivity contribution in [3.05, 3.63) is 0 Å². The van der Waals surface area contributed by atoms with E-state index >= 15 is 0 Å². The largest absolute Gasteiger partial charge is 0.324 e. The molecule has 0 aromatic rings. The van der Waals surface area contributed by atoms with Crippen molar-refractivity contribution in [2.45, 2.75) is 52.0 Å². The zero-order chi connectivity index (χ0) is 9.03. The van der Waals surface area contributed by atoms with Crippen LogP contribution < -0.4 is 0 Å². The third-order valence-electron chi connectivity index (χ3n) is 3.66. The third kappa shape index (κ3) is 2.01. The zero-order valence-corrected chi connectivity index (χ0v) is 8.97. The molecule has 72 valence electrons. The second kappa shape index (κ2) is 4.27. The predicted molar refractivity (Wildman–Crippen MR) is 54.1 cm³/mol. The predicted octanol–water partition coefficient (Wildman–Crippen LogP) is 2.81. The molecule has 0 spiro atoms. The molecule has 1 fully saturated rings. The van der Waals surface area contributed by atoms with Crippen LogP contribution in [0.4, 0.5) is 0 Å². The third-order valence-corrected chi connectivity index (χ3v) is 3.66. The van der Waals surface area contributed by atoms with Gasteiger partial charge in [-0.25, -0.2) is 0 Å². The Morgan fingerprint density at radius 1 is 1.17 bits per heavy atom. The van der Waals surface area contributed by atoms with Crippen LogP contribution in [0, 0.1) is 0 Å². The Morgan fingerprint density at radius 2 is 1.75 bits per heavy atom. The van der Waals surface area contributed by atoms with Crippen LogP contribution >= 0.6 is 0 Å². The maximum absolute atomic E-state index is 2.44. The van der Waals surface area contributed by atoms with Crippen LogP contribution in [0.5, 0.6) is 0 Å². The smallest absolute Gasteiger partial charge is 0.0888 e. The molecule has 1 heteroatoms. The van der Waals surface area contributed by atoms with Crippen molar-refractivity contribution in [3.8, 4) is 0 Å². The highest BCUT2D eigenvalue weighted by atomic mass is 15.3. The summed E-state index contributed by atoms with van der Waals surface area (Å²) in [5.41, 5.74) is 0. The molecule has 0 radical (unpaired) electrons. The Hall–Kier alpha value is -0.0400. The Labute approximate surface area is 77.4 Å². The van der Waals surface area contributed by atoms with Gasteiger partial charge in [-0.2, -0.15) is 0 Å². The van der Waals surface area contributed by atoms with Gasteiger partial charge in [0.15, 0.2) is 0 Å². The van der Waals surface area contributed by atoms with Gasteiger partial charge < -0.3 is 4.48 Å². The summed E-state index contributed by atoms with van der Waals surface area (Å²) in [5, 5.41) is 0. The minimum atomic E-state index is 0.981. The minimum Gasteiger partial charge on any atom is -0.324 e. The summed E-state index contributed by atoms with van der Waals surface area (Å²) in [6, 6.07) is 0.981. The molecule has 0 aromatic heterocycles. The topological polar surface area (TPSA) is 0 Å². The van der Waals surface area contributed by atoms with E-state index in [1.165, 1.54) is 49.7 Å². The first kappa shape index (κ1) is 10.0. The lowest BCUT2D eigenvalue weighted by Crippen LogP contribution is -2.51. The molecule has 0 aromatic carbocycles. The first-order valence-electron chi connectivity index (χ1n) is 5.57. The van der Waals surface area contributed by atoms with Crippen molar-refractivity contribution < 1.29 is 4.48 Å². The Kier molecular flexibility index (Phi) is 3.57. The fourth-order valence-electron chi connectivity index (χ4n) is 2.64. The molecule has 0 N–H and O–H groups in total. The first-order chi connectivity index (χ1) is 5.73. The van der Waals surface area contributed by atoms with E-state index in [1.54, 1.807) is 0 Å². The lowest BCUT2D eigenvalue weighted by atomic mass is 10.1. The summed E-state index contributed by atoms with van der Waals surface area (Å²) in [6.07, 6.45) is 7.24. The van der Waals surface area contributed by atoms with E-state index in [-0.39, 0.29) is 0 Å². The van der Waals surface area contributed by atoms with Crippen LogP contribution in [-0.2, 0) is 0 Å². The lowest BCUT2D eigenvalue weighted by molar-refractivity contribution is -0.931. The van der Waals surface area contributed by atoms with Gasteiger partial charge >= 0.3 is 0 Å². The number of rotatable bonds is 4. The SMILES string of the molecule is CCC[N+](C)(CC)C1CCCC1. The fourth-order valence-corrected chi connectivity index (χ4v) is 2.64. The molecule has 0 amide bonds. The van der Waals surface area contributed by atoms with Gasteiger partial charge in [0, 0.05) is 0 Å². The van der Waals surface area contributed by atoms with Crippen LogP contribution in [0.3, 0.4) is 0 Å². The van der Waals surface area contributed by atoms with Gasteiger partial charge in [-0.05, 0) is 39.0 Å². The van der Waals surface area contributed by atoms with Crippen molar-refractivity contribution in [3.63, 3.8) is 0 Å². The van der Waals surface area contributed by atoms with Gasteiger partial charge in [-0.15, -0.1) is 0 Å². The average molecular weight is 170 g/mol. The van der Waals surface area contributed by atoms with Gasteiger partial charge in [0.05, 0.1) is 26.2 Å². The first-order valence-corrected chi connectivity index (χ1v) is 5.57. The second-order valence-electron chi connectivity index (χ2n) is 4.46. The normalized spacial score (nSPS) is 24.2. The molecule has 0 heterocycles. The molecule has 0 saturated heterocycles. The summed E-state index contributed by atoms with van der Waals surface area (Å²) in [6.45, 7) is 7.34. The maximum atomic E-state index is 2.44. The number of nitrogens with zero attached hydrogens (tertiary/aromatic N) is 1. The highest BCUT2D eigenvalue weighted by molar-refractivity contribution is 4.67. The molecule has 1 rings (SSSR count). The van der Waals surface area contributed by atoms with E-state index in [1.807, 2.05) is 0 Å². The molecule has 1 aliphatic rings. The fraction of sp³-hybridized carbons (Fsp3) is 1.00. The standard InChI is InChI=1S/C11H24N/c1-4-10-12(3,5-2)11-8-6-7-9-11/h11H,4-10H2,1-3H3/q+1. The van der Waals surface area contributed by atoms with Crippen molar-refractivity contribution in [1.82, 2.24) is 0 Å². The number of quaternary nitrogens is 1. The summed E-state index contributed by atoms with van der Waals surface area (Å²) in [4.78, 5) is 0. The summed E-state index contributed by atoms with van der Waals surface area (Å²) in [5.74, 6) is 0. The Bertz CT molecular complexity index is 127. The van der Waals surface area contributed by atoms with Gasteiger partial charge in [0.25, 0.3) is 0 Å². The molecule has 1 atom stereocenters. The maximum Gasteiger partial charge on any atom is 0.0888 e. The van der Waals surface area contributed by atoms with Crippen molar-refractivity contribution in [2.24, 2.45) is 0 Å². The highest BCUT2D eigenvalue weighted by Crippen LogP contribution is 2.28. The Morgan fingerprint density at radius 3 is 2.17 bits per heavy atom. The van der Waals surface area contributed by atoms with E-state index in [2.05, 4.69) is 20.9 Å². The monoisotopic (exact) mass is 170 g/mol. The van der Waals surface area contributed by atoms with E-state index in [4.69, 9.17) is 0 Å². The minimum absolute atomic E-state index is 0.981. The molecule has 1 nitrogen and oxygen atoms in total. The quantitative estimate of drug-likeness (QED) is 0.569. The van der Waals surface area contributed by atoms with Crippen molar-refractivity contribution in [1.29, 1.82) is 0 Å². The van der Waals surface area contributed by atoms with Gasteiger partial charge in [0.2, 0.25) is 0 Å². The second-order valence-corrected chi connectivity index (χ2v) is 4.46. The molecule has 12 heavy (non-hydrogen) atoms. The van der Waals surface area contributed by atoms with Gasteiger partial charge in [-0.1, -0.05) is 6.92 Å². The Balaban J connectivity index is 2.51. The van der Waals surface area contributed by atoms with Crippen LogP contribution in [-0.4, -0.2) is 30.7 Å². The highest BCUT2D eigenvalue weighted by Gasteiger charge is 2.32. The van der Waals surface area contributed by atoms with Crippen LogP contribution in [0.15, 0.2) is 0 Å². The van der Waals surface area contributed by atoms with E-state index in [9.17, 15) is 0 Å². The lowest BCUT2D eigenvalue weighted by Gasteiger charge is -2.39. The number of hydrogen-bond donors (Lipinski definition) is 0. The molecule has 0 bridgehead atoms.